The fraction of sp³-hybridized carbons (Fsp3) is 0.458. The number of likely N-dealkylation sites (N-methyl/N-ethyl adjacent to an activating group) is 1. The van der Waals surface area contributed by atoms with Gasteiger partial charge in [-0.3, -0.25) is 34.1 Å². The van der Waals surface area contributed by atoms with Gasteiger partial charge < -0.3 is 39.7 Å². The number of hydrogen-bond acceptors (Lipinski definition) is 14. The first-order valence-corrected chi connectivity index (χ1v) is 24.0. The molecule has 2 saturated heterocycles. The van der Waals surface area contributed by atoms with Crippen LogP contribution in [0.15, 0.2) is 54.7 Å². The molecule has 0 radical (unpaired) electrons. The highest BCUT2D eigenvalue weighted by Gasteiger charge is 2.40. The van der Waals surface area contributed by atoms with Crippen LogP contribution in [0.4, 0.5) is 17.2 Å². The van der Waals surface area contributed by atoms with Crippen molar-refractivity contribution in [2.24, 2.45) is 5.92 Å². The molecule has 68 heavy (non-hydrogen) atoms. The van der Waals surface area contributed by atoms with Gasteiger partial charge in [-0.2, -0.15) is 0 Å². The second kappa shape index (κ2) is 22.7. The number of carbonyl (C=O) groups excluding carboxylic acids is 6. The van der Waals surface area contributed by atoms with Crippen LogP contribution in [-0.2, 0) is 43.4 Å². The lowest BCUT2D eigenvalue weighted by atomic mass is 9.89. The molecule has 1 unspecified atom stereocenters. The minimum absolute atomic E-state index is 0. The van der Waals surface area contributed by atoms with E-state index in [1.165, 1.54) is 16.2 Å². The van der Waals surface area contributed by atoms with E-state index in [1.807, 2.05) is 42.2 Å². The van der Waals surface area contributed by atoms with E-state index < -0.39 is 11.9 Å². The van der Waals surface area contributed by atoms with E-state index in [-0.39, 0.29) is 79.8 Å². The molecule has 4 aliphatic heterocycles. The molecule has 6 heterocycles. The standard InChI is InChI=1S/C48H56ClN9O8S.ClH/c1-4-36-48(64)55(2)38-25-51-42(53-45(38)57(36)26-32-10-12-41(49)67-32)24-31-9-8-30(23-40(31)65-3)39(59)22-29-14-18-56(19-15-29)20-16-50-17-21-66-28-44(61)52-35-7-5-6-33-34(35)27-58(47(33)63)37-11-13-43(60)54-46(37)62;/h5-10,12,23,25,29,36-37,50H,4,11,13-22,24,26-28H2,1-3H3,(H,52,61)(H,54,60,62);1H/t36-,37?;/m1./s1. The fourth-order valence-electron chi connectivity index (χ4n) is 9.33. The Kier molecular flexibility index (Phi) is 16.8. The number of imide groups is 1. The van der Waals surface area contributed by atoms with Crippen LogP contribution in [0.25, 0.3) is 0 Å². The highest BCUT2D eigenvalue weighted by atomic mass is 35.5. The quantitative estimate of drug-likeness (QED) is 0.0626. The van der Waals surface area contributed by atoms with Crippen molar-refractivity contribution in [3.05, 3.63) is 92.0 Å². The van der Waals surface area contributed by atoms with Crippen LogP contribution < -0.4 is 30.5 Å². The number of piperidine rings is 2. The number of amides is 5. The summed E-state index contributed by atoms with van der Waals surface area (Å²) in [7, 11) is 3.36. The molecule has 20 heteroatoms. The third-order valence-corrected chi connectivity index (χ3v) is 14.2. The van der Waals surface area contributed by atoms with Gasteiger partial charge >= 0.3 is 0 Å². The summed E-state index contributed by atoms with van der Waals surface area (Å²) in [5.41, 5.74) is 3.67. The van der Waals surface area contributed by atoms with Crippen LogP contribution in [0.5, 0.6) is 5.75 Å². The van der Waals surface area contributed by atoms with Crippen LogP contribution >= 0.6 is 35.3 Å². The number of thiophene rings is 1. The molecular weight excluding hydrogens is 934 g/mol. The van der Waals surface area contributed by atoms with Gasteiger partial charge in [0, 0.05) is 85.3 Å². The number of halogens is 2. The Morgan fingerprint density at radius 2 is 1.84 bits per heavy atom. The number of hydrogen-bond donors (Lipinski definition) is 3. The Bertz CT molecular complexity index is 2540. The first-order chi connectivity index (χ1) is 32.4. The van der Waals surface area contributed by atoms with E-state index in [0.29, 0.717) is 88.8 Å². The number of carbonyl (C=O) groups is 6. The molecule has 0 spiro atoms. The number of rotatable bonds is 19. The van der Waals surface area contributed by atoms with Crippen molar-refractivity contribution >= 4 is 87.9 Å². The number of nitrogens with one attached hydrogen (secondary N) is 3. The van der Waals surface area contributed by atoms with Crippen molar-refractivity contribution in [3.8, 4) is 5.75 Å². The highest BCUT2D eigenvalue weighted by molar-refractivity contribution is 7.16. The van der Waals surface area contributed by atoms with E-state index in [0.717, 1.165) is 49.5 Å². The van der Waals surface area contributed by atoms with Gasteiger partial charge in [-0.1, -0.05) is 36.7 Å². The van der Waals surface area contributed by atoms with Gasteiger partial charge in [0.1, 0.15) is 36.0 Å². The molecular formula is C48H57Cl2N9O8S. The van der Waals surface area contributed by atoms with E-state index >= 15 is 0 Å². The predicted octanol–water partition coefficient (Wildman–Crippen LogP) is 5.27. The zero-order chi connectivity index (χ0) is 47.2. The topological polar surface area (TPSA) is 196 Å². The lowest BCUT2D eigenvalue weighted by molar-refractivity contribution is -0.137. The molecule has 3 N–H and O–H groups in total. The van der Waals surface area contributed by atoms with Gasteiger partial charge in [-0.25, -0.2) is 9.97 Å². The monoisotopic (exact) mass is 989 g/mol. The third-order valence-electron chi connectivity index (χ3n) is 13.0. The molecule has 2 fully saturated rings. The van der Waals surface area contributed by atoms with E-state index in [2.05, 4.69) is 25.8 Å². The zero-order valence-electron chi connectivity index (χ0n) is 38.4. The van der Waals surface area contributed by atoms with E-state index in [1.54, 1.807) is 43.5 Å². The number of benzene rings is 2. The summed E-state index contributed by atoms with van der Waals surface area (Å²) < 4.78 is 12.1. The van der Waals surface area contributed by atoms with Crippen LogP contribution in [0.1, 0.15) is 88.0 Å². The number of fused-ring (bicyclic) bond motifs is 2. The van der Waals surface area contributed by atoms with Crippen molar-refractivity contribution in [2.75, 3.05) is 75.2 Å². The summed E-state index contributed by atoms with van der Waals surface area (Å²) in [5, 5.41) is 8.52. The number of ketones is 1. The van der Waals surface area contributed by atoms with Crippen LogP contribution in [0, 0.1) is 5.92 Å². The number of Topliss-reactive ketones (excluding diaryl/α,β-unsaturated/α-hetero) is 1. The van der Waals surface area contributed by atoms with E-state index in [9.17, 15) is 28.8 Å². The Morgan fingerprint density at radius 3 is 2.57 bits per heavy atom. The number of aromatic nitrogens is 2. The molecule has 5 amide bonds. The summed E-state index contributed by atoms with van der Waals surface area (Å²) in [4.78, 5) is 94.9. The molecule has 2 aromatic heterocycles. The SMILES string of the molecule is CC[C@@H]1C(=O)N(C)c2cnc(Cc3ccc(C(=O)CC4CCN(CCNCCOCC(=O)Nc5cccc6c5CN(C5CCC(=O)NC5=O)C6=O)CC4)cc3OC)nc2N1Cc1ccc(Cl)s1.Cl. The van der Waals surface area contributed by atoms with Gasteiger partial charge in [-0.15, -0.1) is 23.7 Å². The van der Waals surface area contributed by atoms with Crippen molar-refractivity contribution < 1.29 is 38.2 Å². The summed E-state index contributed by atoms with van der Waals surface area (Å²) in [5.74, 6) is 0.763. The smallest absolute Gasteiger partial charge is 0.255 e. The average molecular weight is 991 g/mol. The van der Waals surface area contributed by atoms with Gasteiger partial charge in [-0.05, 0) is 75.0 Å². The largest absolute Gasteiger partial charge is 0.496 e. The summed E-state index contributed by atoms with van der Waals surface area (Å²) in [6.45, 7) is 6.84. The number of ether oxygens (including phenoxy) is 2. The maximum atomic E-state index is 13.5. The molecule has 2 aromatic carbocycles. The average Bonchev–Trinajstić information content (AvgIpc) is 3.90. The minimum Gasteiger partial charge on any atom is -0.496 e. The third kappa shape index (κ3) is 11.5. The Labute approximate surface area is 410 Å². The van der Waals surface area contributed by atoms with Gasteiger partial charge in [0.25, 0.3) is 5.91 Å². The van der Waals surface area contributed by atoms with Crippen LogP contribution in [0.2, 0.25) is 4.34 Å². The Hall–Kier alpha value is -5.50. The molecule has 17 nitrogen and oxygen atoms in total. The molecule has 8 rings (SSSR count). The molecule has 4 aromatic rings. The van der Waals surface area contributed by atoms with Crippen LogP contribution in [-0.4, -0.2) is 127 Å². The Balaban J connectivity index is 0.00000684. The molecule has 0 aliphatic carbocycles. The summed E-state index contributed by atoms with van der Waals surface area (Å²) in [6, 6.07) is 13.4. The summed E-state index contributed by atoms with van der Waals surface area (Å²) in [6.07, 6.45) is 5.46. The normalized spacial score (nSPS) is 18.6. The van der Waals surface area contributed by atoms with Crippen molar-refractivity contribution in [1.82, 2.24) is 30.4 Å². The van der Waals surface area contributed by atoms with Crippen molar-refractivity contribution in [2.45, 2.75) is 77.0 Å². The first-order valence-electron chi connectivity index (χ1n) is 22.8. The molecule has 0 bridgehead atoms. The van der Waals surface area contributed by atoms with Crippen molar-refractivity contribution in [3.63, 3.8) is 0 Å². The lowest BCUT2D eigenvalue weighted by Gasteiger charge is -2.40. The van der Waals surface area contributed by atoms with E-state index in [4.69, 9.17) is 26.1 Å². The van der Waals surface area contributed by atoms with Gasteiger partial charge in [0.15, 0.2) is 11.6 Å². The second-order valence-electron chi connectivity index (χ2n) is 17.3. The van der Waals surface area contributed by atoms with Crippen molar-refractivity contribution in [1.29, 1.82) is 0 Å². The van der Waals surface area contributed by atoms with Crippen LogP contribution in [0.3, 0.4) is 0 Å². The number of anilines is 3. The summed E-state index contributed by atoms with van der Waals surface area (Å²) >= 11 is 7.73. The second-order valence-corrected chi connectivity index (χ2v) is 19.1. The molecule has 362 valence electrons. The lowest BCUT2D eigenvalue weighted by Crippen LogP contribution is -2.52. The van der Waals surface area contributed by atoms with Gasteiger partial charge in [0.05, 0.1) is 30.8 Å². The van der Waals surface area contributed by atoms with Gasteiger partial charge in [0.2, 0.25) is 23.6 Å². The highest BCUT2D eigenvalue weighted by Crippen LogP contribution is 2.38. The molecule has 4 aliphatic rings. The number of methoxy groups -OCH3 is 1. The predicted molar refractivity (Wildman–Crippen MR) is 261 cm³/mol. The molecule has 0 saturated carbocycles. The minimum atomic E-state index is -0.733. The Morgan fingerprint density at radius 1 is 1.03 bits per heavy atom. The number of likely N-dealkylation sites (tertiary alicyclic amines) is 1. The first kappa shape index (κ1) is 50.4. The maximum Gasteiger partial charge on any atom is 0.255 e. The fourth-order valence-corrected chi connectivity index (χ4v) is 10.4. The number of nitrogens with zero attached hydrogens (tertiary/aromatic N) is 6. The molecule has 2 atom stereocenters. The zero-order valence-corrected chi connectivity index (χ0v) is 40.8. The maximum absolute atomic E-state index is 13.5.